The van der Waals surface area contributed by atoms with Crippen LogP contribution in [0.3, 0.4) is 0 Å². The van der Waals surface area contributed by atoms with Crippen LogP contribution < -0.4 is 10.0 Å². The van der Waals surface area contributed by atoms with E-state index in [9.17, 15) is 50.6 Å². The molecule has 3 fully saturated rings. The average molecular weight is 798 g/mol. The van der Waals surface area contributed by atoms with Crippen LogP contribution in [0.1, 0.15) is 41.3 Å². The molecule has 0 radical (unpaired) electrons. The van der Waals surface area contributed by atoms with Gasteiger partial charge in [-0.25, -0.2) is 9.97 Å². The zero-order valence-electron chi connectivity index (χ0n) is 28.3. The first-order chi connectivity index (χ1) is 25.2. The zero-order chi connectivity index (χ0) is 39.3. The average Bonchev–Trinajstić information content (AvgIpc) is 3.51. The van der Waals surface area contributed by atoms with Crippen molar-refractivity contribution in [3.05, 3.63) is 86.7 Å². The number of nitrogens with zero attached hydrogens (tertiary/aromatic N) is 6. The molecule has 3 aromatic rings. The summed E-state index contributed by atoms with van der Waals surface area (Å²) in [5.74, 6) is -11.0. The smallest absolute Gasteiger partial charge is 0.433 e. The molecule has 284 valence electrons. The van der Waals surface area contributed by atoms with Gasteiger partial charge >= 0.3 is 12.4 Å². The minimum atomic E-state index is -4.88. The number of imide groups is 2. The van der Waals surface area contributed by atoms with Crippen molar-refractivity contribution in [3.8, 4) is 5.75 Å². The Morgan fingerprint density at radius 2 is 1.22 bits per heavy atom. The number of carbonyl (C=O) groups is 4. The molecule has 2 aliphatic heterocycles. The third-order valence-electron chi connectivity index (χ3n) is 10.7. The molecule has 54 heavy (non-hydrogen) atoms. The Morgan fingerprint density at radius 1 is 0.722 bits per heavy atom. The summed E-state index contributed by atoms with van der Waals surface area (Å²) in [5, 5.41) is 13.8. The number of amides is 4. The molecule has 2 aromatic heterocycles. The van der Waals surface area contributed by atoms with E-state index < -0.39 is 94.5 Å². The van der Waals surface area contributed by atoms with Gasteiger partial charge < -0.3 is 5.11 Å². The number of hydrazine groups is 2. The fraction of sp³-hybridized carbons (Fsp3) is 0.371. The number of benzene rings is 1. The number of fused-ring (bicyclic) bond motifs is 4. The molecule has 2 aliphatic carbocycles. The lowest BCUT2D eigenvalue weighted by Gasteiger charge is -2.44. The van der Waals surface area contributed by atoms with Crippen LogP contribution >= 0.6 is 23.2 Å². The van der Waals surface area contributed by atoms with Crippen LogP contribution in [0.2, 0.25) is 10.0 Å². The number of aromatic nitrogens is 2. The Labute approximate surface area is 312 Å². The third-order valence-corrected chi connectivity index (χ3v) is 11.2. The molecule has 19 heteroatoms. The number of phenolic OH excluding ortho intramolecular Hbond substituents is 1. The molecule has 4 amide bonds. The van der Waals surface area contributed by atoms with Gasteiger partial charge in [-0.15, -0.1) is 0 Å². The summed E-state index contributed by atoms with van der Waals surface area (Å²) >= 11 is 12.4. The molecular weight excluding hydrogens is 769 g/mol. The highest BCUT2D eigenvalue weighted by atomic mass is 35.5. The van der Waals surface area contributed by atoms with Crippen molar-refractivity contribution < 1.29 is 50.6 Å². The summed E-state index contributed by atoms with van der Waals surface area (Å²) in [4.78, 5) is 64.1. The maximum atomic E-state index is 14.4. The van der Waals surface area contributed by atoms with Gasteiger partial charge in [0.25, 0.3) is 23.6 Å². The molecule has 1 N–H and O–H groups in total. The number of hydrogen-bond donors (Lipinski definition) is 1. The standard InChI is InChI=1S/C35H28Cl2F6N6O5/c1-14-5-4-6-16(27(14)50)24-15-7-8-17-25(32(53)48(30(17)51)46(2)28-20(36)9-11-22(44-28)34(38,39)40)18(15)13-19-26(24)33(54)49(31(19)52)47(3)29-21(37)10-12-23(45-29)35(41,42)43/h4-7,9-12,17-19,24-26,50H,8,13H2,1-3H3/t17-,18+,19+,24+,25-,26+/m0/s1. The largest absolute Gasteiger partial charge is 0.507 e. The topological polar surface area (TPSA) is 127 Å². The highest BCUT2D eigenvalue weighted by Gasteiger charge is 2.63. The number of halogens is 8. The van der Waals surface area contributed by atoms with E-state index in [-0.39, 0.29) is 34.2 Å². The summed E-state index contributed by atoms with van der Waals surface area (Å²) < 4.78 is 81.6. The molecular formula is C35H28Cl2F6N6O5. The van der Waals surface area contributed by atoms with Crippen LogP contribution in [0.4, 0.5) is 38.0 Å². The fourth-order valence-corrected chi connectivity index (χ4v) is 8.70. The lowest BCUT2D eigenvalue weighted by atomic mass is 9.57. The van der Waals surface area contributed by atoms with E-state index in [2.05, 4.69) is 9.97 Å². The van der Waals surface area contributed by atoms with Crippen LogP contribution in [0, 0.1) is 36.5 Å². The number of aromatic hydroxyl groups is 1. The second-order valence-electron chi connectivity index (χ2n) is 13.6. The number of pyridine rings is 2. The molecule has 7 rings (SSSR count). The van der Waals surface area contributed by atoms with Crippen molar-refractivity contribution >= 4 is 58.5 Å². The van der Waals surface area contributed by atoms with Gasteiger partial charge in [0, 0.05) is 25.6 Å². The fourth-order valence-electron chi connectivity index (χ4n) is 8.25. The lowest BCUT2D eigenvalue weighted by Crippen LogP contribution is -2.46. The zero-order valence-corrected chi connectivity index (χ0v) is 29.8. The number of rotatable bonds is 5. The molecule has 2 saturated heterocycles. The lowest BCUT2D eigenvalue weighted by molar-refractivity contribution is -0.143. The number of hydrogen-bond acceptors (Lipinski definition) is 9. The predicted octanol–water partition coefficient (Wildman–Crippen LogP) is 6.57. The number of aryl methyl sites for hydroxylation is 1. The number of alkyl halides is 6. The maximum absolute atomic E-state index is 14.4. The van der Waals surface area contributed by atoms with Gasteiger partial charge in [-0.2, -0.15) is 36.4 Å². The molecule has 1 saturated carbocycles. The van der Waals surface area contributed by atoms with Gasteiger partial charge in [0.15, 0.2) is 11.6 Å². The normalized spacial score (nSPS) is 25.4. The molecule has 0 spiro atoms. The molecule has 6 atom stereocenters. The summed E-state index contributed by atoms with van der Waals surface area (Å²) in [7, 11) is 2.32. The summed E-state index contributed by atoms with van der Waals surface area (Å²) in [6.45, 7) is 1.62. The monoisotopic (exact) mass is 796 g/mol. The van der Waals surface area contributed by atoms with E-state index >= 15 is 0 Å². The Kier molecular flexibility index (Phi) is 8.91. The Balaban J connectivity index is 1.30. The highest BCUT2D eigenvalue weighted by Crippen LogP contribution is 2.59. The minimum Gasteiger partial charge on any atom is -0.507 e. The first kappa shape index (κ1) is 37.4. The minimum absolute atomic E-state index is 0.0366. The van der Waals surface area contributed by atoms with E-state index in [1.54, 1.807) is 31.2 Å². The van der Waals surface area contributed by atoms with Gasteiger partial charge in [-0.1, -0.05) is 53.1 Å². The van der Waals surface area contributed by atoms with Crippen LogP contribution in [0.5, 0.6) is 5.75 Å². The molecule has 0 unspecified atom stereocenters. The molecule has 11 nitrogen and oxygen atoms in total. The quantitative estimate of drug-likeness (QED) is 0.173. The van der Waals surface area contributed by atoms with E-state index in [1.807, 2.05) is 0 Å². The van der Waals surface area contributed by atoms with Crippen molar-refractivity contribution in [2.75, 3.05) is 24.1 Å². The van der Waals surface area contributed by atoms with E-state index in [0.29, 0.717) is 33.3 Å². The van der Waals surface area contributed by atoms with Gasteiger partial charge in [0.1, 0.15) is 17.1 Å². The van der Waals surface area contributed by atoms with Gasteiger partial charge in [-0.3, -0.25) is 29.2 Å². The van der Waals surface area contributed by atoms with Crippen molar-refractivity contribution in [1.29, 1.82) is 0 Å². The second-order valence-corrected chi connectivity index (χ2v) is 14.4. The van der Waals surface area contributed by atoms with Crippen LogP contribution in [0.25, 0.3) is 0 Å². The first-order valence-corrected chi connectivity index (χ1v) is 17.2. The van der Waals surface area contributed by atoms with Gasteiger partial charge in [0.05, 0.1) is 33.7 Å². The Hall–Kier alpha value is -4.90. The summed E-state index contributed by atoms with van der Waals surface area (Å²) in [6, 6.07) is 7.97. The molecule has 4 heterocycles. The number of carbonyl (C=O) groups excluding carboxylic acids is 4. The number of para-hydroxylation sites is 1. The van der Waals surface area contributed by atoms with Crippen LogP contribution in [0.15, 0.2) is 54.1 Å². The number of allylic oxidation sites excluding steroid dienone is 2. The SMILES string of the molecule is Cc1cccc([C@H]2C3=CC[C@@H]4C(=O)N(N(C)c5nc(C(F)(F)F)ccc5Cl)C(=O)[C@@H]4[C@@H]3C[C@H]3C(=O)N(N(C)c4nc(C(F)(F)F)ccc4Cl)C(=O)[C@@H]23)c1O. The molecule has 0 bridgehead atoms. The predicted molar refractivity (Wildman–Crippen MR) is 179 cm³/mol. The number of phenols is 1. The second kappa shape index (κ2) is 12.9. The van der Waals surface area contributed by atoms with Crippen molar-refractivity contribution in [3.63, 3.8) is 0 Å². The molecule has 4 aliphatic rings. The summed E-state index contributed by atoms with van der Waals surface area (Å²) in [5.41, 5.74) is -1.49. The van der Waals surface area contributed by atoms with Crippen LogP contribution in [-0.4, -0.2) is 62.8 Å². The first-order valence-electron chi connectivity index (χ1n) is 16.4. The van der Waals surface area contributed by atoms with E-state index in [1.165, 1.54) is 7.05 Å². The third kappa shape index (κ3) is 5.74. The van der Waals surface area contributed by atoms with E-state index in [0.717, 1.165) is 29.2 Å². The van der Waals surface area contributed by atoms with Crippen molar-refractivity contribution in [1.82, 2.24) is 20.0 Å². The van der Waals surface area contributed by atoms with E-state index in [4.69, 9.17) is 23.2 Å². The molecule has 1 aromatic carbocycles. The van der Waals surface area contributed by atoms with Crippen molar-refractivity contribution in [2.24, 2.45) is 29.6 Å². The summed E-state index contributed by atoms with van der Waals surface area (Å²) in [6.07, 6.45) is -8.27. The Bertz CT molecular complexity index is 2160. The van der Waals surface area contributed by atoms with Gasteiger partial charge in [0.2, 0.25) is 0 Å². The Morgan fingerprint density at radius 3 is 1.74 bits per heavy atom. The van der Waals surface area contributed by atoms with Gasteiger partial charge in [-0.05, 0) is 55.5 Å². The number of anilines is 2. The van der Waals surface area contributed by atoms with Crippen LogP contribution in [-0.2, 0) is 31.5 Å². The van der Waals surface area contributed by atoms with Crippen molar-refractivity contribution in [2.45, 2.75) is 38.0 Å². The maximum Gasteiger partial charge on any atom is 0.433 e. The highest BCUT2D eigenvalue weighted by molar-refractivity contribution is 6.33.